The first kappa shape index (κ1) is 16.2. The third-order valence-electron chi connectivity index (χ3n) is 4.19. The molecule has 3 rings (SSSR count). The van der Waals surface area contributed by atoms with Crippen molar-refractivity contribution in [3.63, 3.8) is 0 Å². The van der Waals surface area contributed by atoms with E-state index in [9.17, 15) is 4.39 Å². The van der Waals surface area contributed by atoms with Crippen molar-refractivity contribution >= 4 is 11.6 Å². The minimum atomic E-state index is -0.255. The van der Waals surface area contributed by atoms with Crippen molar-refractivity contribution in [3.8, 4) is 5.75 Å². The molecule has 0 spiro atoms. The SMILES string of the molecule is COc1ccc(F)cc1C(c1ccc(Cl)cc1)N1CCNCC1. The van der Waals surface area contributed by atoms with Crippen molar-refractivity contribution in [1.29, 1.82) is 0 Å². The second-order valence-corrected chi connectivity index (χ2v) is 6.06. The summed E-state index contributed by atoms with van der Waals surface area (Å²) in [6.45, 7) is 3.63. The third-order valence-corrected chi connectivity index (χ3v) is 4.44. The van der Waals surface area contributed by atoms with Crippen LogP contribution in [-0.2, 0) is 0 Å². The van der Waals surface area contributed by atoms with Crippen LogP contribution in [0.2, 0.25) is 5.02 Å². The van der Waals surface area contributed by atoms with E-state index < -0.39 is 0 Å². The van der Waals surface area contributed by atoms with Crippen LogP contribution < -0.4 is 10.1 Å². The van der Waals surface area contributed by atoms with E-state index in [0.29, 0.717) is 10.8 Å². The minimum absolute atomic E-state index is 0.0555. The first-order chi connectivity index (χ1) is 11.2. The van der Waals surface area contributed by atoms with Crippen molar-refractivity contribution in [2.24, 2.45) is 0 Å². The lowest BCUT2D eigenvalue weighted by Crippen LogP contribution is -2.45. The maximum absolute atomic E-state index is 13.9. The molecule has 0 amide bonds. The fourth-order valence-corrected chi connectivity index (χ4v) is 3.22. The van der Waals surface area contributed by atoms with Crippen LogP contribution in [0.15, 0.2) is 42.5 Å². The van der Waals surface area contributed by atoms with E-state index in [1.807, 2.05) is 24.3 Å². The second kappa shape index (κ2) is 7.30. The minimum Gasteiger partial charge on any atom is -0.496 e. The number of rotatable bonds is 4. The average Bonchev–Trinajstić information content (AvgIpc) is 2.58. The van der Waals surface area contributed by atoms with Gasteiger partial charge < -0.3 is 10.1 Å². The van der Waals surface area contributed by atoms with Gasteiger partial charge in [0.2, 0.25) is 0 Å². The standard InChI is InChI=1S/C18H20ClFN2O/c1-23-17-7-6-15(20)12-16(17)18(22-10-8-21-9-11-22)13-2-4-14(19)5-3-13/h2-7,12,18,21H,8-11H2,1H3. The number of piperazine rings is 1. The fraction of sp³-hybridized carbons (Fsp3) is 0.333. The summed E-state index contributed by atoms with van der Waals surface area (Å²) in [6.07, 6.45) is 0. The van der Waals surface area contributed by atoms with Crippen molar-refractivity contribution in [3.05, 3.63) is 64.4 Å². The highest BCUT2D eigenvalue weighted by Crippen LogP contribution is 2.35. The fourth-order valence-electron chi connectivity index (χ4n) is 3.09. The molecule has 0 radical (unpaired) electrons. The lowest BCUT2D eigenvalue weighted by molar-refractivity contribution is 0.195. The van der Waals surface area contributed by atoms with Gasteiger partial charge in [0.05, 0.1) is 13.2 Å². The van der Waals surface area contributed by atoms with Crippen LogP contribution in [0.3, 0.4) is 0 Å². The monoisotopic (exact) mass is 334 g/mol. The first-order valence-corrected chi connectivity index (χ1v) is 8.10. The Bertz CT molecular complexity index is 657. The van der Waals surface area contributed by atoms with Crippen LogP contribution >= 0.6 is 11.6 Å². The lowest BCUT2D eigenvalue weighted by atomic mass is 9.95. The zero-order valence-corrected chi connectivity index (χ0v) is 13.8. The van der Waals surface area contributed by atoms with Gasteiger partial charge in [-0.3, -0.25) is 4.90 Å². The maximum Gasteiger partial charge on any atom is 0.124 e. The van der Waals surface area contributed by atoms with Gasteiger partial charge in [0.25, 0.3) is 0 Å². The molecule has 5 heteroatoms. The number of methoxy groups -OCH3 is 1. The van der Waals surface area contributed by atoms with Crippen LogP contribution in [0.25, 0.3) is 0 Å². The van der Waals surface area contributed by atoms with Crippen LogP contribution in [0, 0.1) is 5.82 Å². The molecule has 1 unspecified atom stereocenters. The normalized spacial score (nSPS) is 17.0. The molecular formula is C18H20ClFN2O. The topological polar surface area (TPSA) is 24.5 Å². The summed E-state index contributed by atoms with van der Waals surface area (Å²) < 4.78 is 19.4. The second-order valence-electron chi connectivity index (χ2n) is 5.63. The molecule has 1 heterocycles. The molecule has 0 bridgehead atoms. The van der Waals surface area contributed by atoms with Gasteiger partial charge in [-0.25, -0.2) is 4.39 Å². The highest BCUT2D eigenvalue weighted by molar-refractivity contribution is 6.30. The number of halogens is 2. The smallest absolute Gasteiger partial charge is 0.124 e. The molecule has 1 atom stereocenters. The Balaban J connectivity index is 2.07. The number of hydrogen-bond donors (Lipinski definition) is 1. The number of hydrogen-bond acceptors (Lipinski definition) is 3. The Morgan fingerprint density at radius 2 is 1.83 bits per heavy atom. The van der Waals surface area contributed by atoms with Crippen LogP contribution in [0.5, 0.6) is 5.75 Å². The molecule has 3 nitrogen and oxygen atoms in total. The molecule has 1 fully saturated rings. The summed E-state index contributed by atoms with van der Waals surface area (Å²) >= 11 is 6.02. The summed E-state index contributed by atoms with van der Waals surface area (Å²) in [5, 5.41) is 4.05. The Labute approximate surface area is 141 Å². The van der Waals surface area contributed by atoms with Crippen LogP contribution in [0.1, 0.15) is 17.2 Å². The Hall–Kier alpha value is -1.62. The van der Waals surface area contributed by atoms with E-state index in [-0.39, 0.29) is 11.9 Å². The number of benzene rings is 2. The van der Waals surface area contributed by atoms with E-state index >= 15 is 0 Å². The van der Waals surface area contributed by atoms with Gasteiger partial charge in [0.1, 0.15) is 11.6 Å². The molecule has 0 saturated carbocycles. The zero-order valence-electron chi connectivity index (χ0n) is 13.1. The quantitative estimate of drug-likeness (QED) is 0.926. The Morgan fingerprint density at radius 3 is 2.48 bits per heavy atom. The van der Waals surface area contributed by atoms with E-state index in [2.05, 4.69) is 10.2 Å². The third kappa shape index (κ3) is 3.66. The molecule has 1 saturated heterocycles. The summed E-state index contributed by atoms with van der Waals surface area (Å²) in [5.41, 5.74) is 1.93. The maximum atomic E-state index is 13.9. The highest BCUT2D eigenvalue weighted by Gasteiger charge is 2.26. The summed E-state index contributed by atoms with van der Waals surface area (Å²) in [5.74, 6) is 0.444. The number of nitrogens with zero attached hydrogens (tertiary/aromatic N) is 1. The Kier molecular flexibility index (Phi) is 5.16. The molecule has 2 aromatic carbocycles. The number of ether oxygens (including phenoxy) is 1. The summed E-state index contributed by atoms with van der Waals surface area (Å²) in [7, 11) is 1.62. The molecule has 0 aliphatic carbocycles. The van der Waals surface area contributed by atoms with Crippen molar-refractivity contribution in [2.75, 3.05) is 33.3 Å². The van der Waals surface area contributed by atoms with Crippen LogP contribution in [-0.4, -0.2) is 38.2 Å². The molecule has 122 valence electrons. The first-order valence-electron chi connectivity index (χ1n) is 7.72. The molecule has 1 N–H and O–H groups in total. The van der Waals surface area contributed by atoms with Crippen molar-refractivity contribution in [2.45, 2.75) is 6.04 Å². The average molecular weight is 335 g/mol. The molecule has 1 aliphatic heterocycles. The van der Waals surface area contributed by atoms with Crippen LogP contribution in [0.4, 0.5) is 4.39 Å². The van der Waals surface area contributed by atoms with E-state index in [4.69, 9.17) is 16.3 Å². The predicted octanol–water partition coefficient (Wildman–Crippen LogP) is 3.48. The van der Waals surface area contributed by atoms with Gasteiger partial charge >= 0.3 is 0 Å². The van der Waals surface area contributed by atoms with Crippen molar-refractivity contribution < 1.29 is 9.13 Å². The molecule has 1 aliphatic rings. The van der Waals surface area contributed by atoms with Gasteiger partial charge in [0.15, 0.2) is 0 Å². The van der Waals surface area contributed by atoms with E-state index in [1.54, 1.807) is 19.2 Å². The zero-order chi connectivity index (χ0) is 16.2. The molecular weight excluding hydrogens is 315 g/mol. The van der Waals surface area contributed by atoms with E-state index in [1.165, 1.54) is 6.07 Å². The highest BCUT2D eigenvalue weighted by atomic mass is 35.5. The lowest BCUT2D eigenvalue weighted by Gasteiger charge is -2.36. The molecule has 2 aromatic rings. The summed E-state index contributed by atoms with van der Waals surface area (Å²) in [4.78, 5) is 2.34. The van der Waals surface area contributed by atoms with Gasteiger partial charge in [0, 0.05) is 36.8 Å². The molecule has 0 aromatic heterocycles. The summed E-state index contributed by atoms with van der Waals surface area (Å²) in [6, 6.07) is 12.4. The Morgan fingerprint density at radius 1 is 1.13 bits per heavy atom. The largest absolute Gasteiger partial charge is 0.496 e. The van der Waals surface area contributed by atoms with Gasteiger partial charge in [-0.05, 0) is 35.9 Å². The predicted molar refractivity (Wildman–Crippen MR) is 90.7 cm³/mol. The van der Waals surface area contributed by atoms with E-state index in [0.717, 1.165) is 37.3 Å². The van der Waals surface area contributed by atoms with Crippen molar-refractivity contribution in [1.82, 2.24) is 10.2 Å². The number of nitrogens with one attached hydrogen (secondary N) is 1. The van der Waals surface area contributed by atoms with Gasteiger partial charge in [-0.1, -0.05) is 23.7 Å². The van der Waals surface area contributed by atoms with Gasteiger partial charge in [-0.15, -0.1) is 0 Å². The molecule has 23 heavy (non-hydrogen) atoms. The van der Waals surface area contributed by atoms with Gasteiger partial charge in [-0.2, -0.15) is 0 Å².